The highest BCUT2D eigenvalue weighted by atomic mass is 16.5. The van der Waals surface area contributed by atoms with Gasteiger partial charge < -0.3 is 25.8 Å². The molecule has 5 N–H and O–H groups in total. The molecule has 0 aromatic carbocycles. The van der Waals surface area contributed by atoms with Crippen molar-refractivity contribution in [2.24, 2.45) is 11.7 Å². The predicted octanol–water partition coefficient (Wildman–Crippen LogP) is -1.98. The third-order valence-corrected chi connectivity index (χ3v) is 2.32. The van der Waals surface area contributed by atoms with E-state index in [0.717, 1.165) is 0 Å². The smallest absolute Gasteiger partial charge is 0.134 e. The fourth-order valence-corrected chi connectivity index (χ4v) is 1.34. The van der Waals surface area contributed by atoms with Crippen molar-refractivity contribution in [2.75, 3.05) is 6.61 Å². The lowest BCUT2D eigenvalue weighted by Crippen LogP contribution is -2.57. The Labute approximate surface area is 70.8 Å². The SMILES string of the molecule is C[C@H]1C(CO)O[C@@H](N)C(O)[C@@H]1O. The lowest BCUT2D eigenvalue weighted by atomic mass is 9.91. The van der Waals surface area contributed by atoms with Gasteiger partial charge in [0.05, 0.1) is 18.8 Å². The molecule has 72 valence electrons. The van der Waals surface area contributed by atoms with E-state index in [0.29, 0.717) is 0 Å². The fourth-order valence-electron chi connectivity index (χ4n) is 1.34. The van der Waals surface area contributed by atoms with Crippen LogP contribution in [-0.4, -0.2) is 46.5 Å². The molecule has 1 aliphatic rings. The zero-order valence-electron chi connectivity index (χ0n) is 6.92. The average Bonchev–Trinajstić information content (AvgIpc) is 2.08. The molecule has 1 aliphatic heterocycles. The highest BCUT2D eigenvalue weighted by Gasteiger charge is 2.39. The van der Waals surface area contributed by atoms with E-state index in [1.54, 1.807) is 6.92 Å². The number of hydrogen-bond donors (Lipinski definition) is 4. The molecule has 5 atom stereocenters. The maximum absolute atomic E-state index is 9.40. The normalized spacial score (nSPS) is 49.2. The van der Waals surface area contributed by atoms with Crippen LogP contribution >= 0.6 is 0 Å². The summed E-state index contributed by atoms with van der Waals surface area (Å²) < 4.78 is 5.05. The minimum Gasteiger partial charge on any atom is -0.394 e. The minimum atomic E-state index is -1.07. The third kappa shape index (κ3) is 1.60. The van der Waals surface area contributed by atoms with E-state index in [2.05, 4.69) is 0 Å². The molecule has 0 radical (unpaired) electrons. The van der Waals surface area contributed by atoms with Crippen LogP contribution in [0.2, 0.25) is 0 Å². The highest BCUT2D eigenvalue weighted by Crippen LogP contribution is 2.23. The first-order valence-corrected chi connectivity index (χ1v) is 3.96. The molecule has 0 amide bonds. The van der Waals surface area contributed by atoms with E-state index in [1.807, 2.05) is 0 Å². The Hall–Kier alpha value is -0.200. The maximum Gasteiger partial charge on any atom is 0.134 e. The van der Waals surface area contributed by atoms with Crippen molar-refractivity contribution < 1.29 is 20.1 Å². The molecule has 1 rings (SSSR count). The molecule has 5 heteroatoms. The molecule has 1 fully saturated rings. The molecule has 5 nitrogen and oxygen atoms in total. The Balaban J connectivity index is 2.63. The van der Waals surface area contributed by atoms with Gasteiger partial charge in [-0.1, -0.05) is 6.92 Å². The maximum atomic E-state index is 9.40. The lowest BCUT2D eigenvalue weighted by molar-refractivity contribution is -0.202. The van der Waals surface area contributed by atoms with Crippen LogP contribution in [0.1, 0.15) is 6.92 Å². The molecule has 0 spiro atoms. The standard InChI is InChI=1S/C7H15NO4/c1-3-4(2-9)12-7(8)6(11)5(3)10/h3-7,9-11H,2,8H2,1H3/t3-,4?,5+,6?,7+/m0/s1. The van der Waals surface area contributed by atoms with Crippen molar-refractivity contribution >= 4 is 0 Å². The second kappa shape index (κ2) is 3.68. The van der Waals surface area contributed by atoms with Crippen LogP contribution in [0.4, 0.5) is 0 Å². The molecule has 0 aromatic rings. The van der Waals surface area contributed by atoms with Gasteiger partial charge >= 0.3 is 0 Å². The highest BCUT2D eigenvalue weighted by molar-refractivity contribution is 4.87. The van der Waals surface area contributed by atoms with Gasteiger partial charge in [0.15, 0.2) is 0 Å². The summed E-state index contributed by atoms with van der Waals surface area (Å²) in [7, 11) is 0. The number of nitrogens with two attached hydrogens (primary N) is 1. The second-order valence-electron chi connectivity index (χ2n) is 3.16. The van der Waals surface area contributed by atoms with E-state index in [9.17, 15) is 10.2 Å². The summed E-state index contributed by atoms with van der Waals surface area (Å²) >= 11 is 0. The van der Waals surface area contributed by atoms with Gasteiger partial charge in [0.1, 0.15) is 12.3 Å². The summed E-state index contributed by atoms with van der Waals surface area (Å²) in [6, 6.07) is 0. The van der Waals surface area contributed by atoms with Crippen LogP contribution in [-0.2, 0) is 4.74 Å². The summed E-state index contributed by atoms with van der Waals surface area (Å²) in [4.78, 5) is 0. The van der Waals surface area contributed by atoms with E-state index in [-0.39, 0.29) is 12.5 Å². The van der Waals surface area contributed by atoms with E-state index < -0.39 is 24.5 Å². The van der Waals surface area contributed by atoms with Gasteiger partial charge in [-0.3, -0.25) is 0 Å². The van der Waals surface area contributed by atoms with Gasteiger partial charge in [0, 0.05) is 5.92 Å². The molecule has 1 heterocycles. The number of hydrogen-bond acceptors (Lipinski definition) is 5. The van der Waals surface area contributed by atoms with Crippen molar-refractivity contribution in [1.29, 1.82) is 0 Å². The Kier molecular flexibility index (Phi) is 3.03. The number of ether oxygens (including phenoxy) is 1. The Morgan fingerprint density at radius 1 is 1.33 bits per heavy atom. The lowest BCUT2D eigenvalue weighted by Gasteiger charge is -2.39. The van der Waals surface area contributed by atoms with Gasteiger partial charge in [0.25, 0.3) is 0 Å². The Morgan fingerprint density at radius 3 is 2.42 bits per heavy atom. The monoisotopic (exact) mass is 177 g/mol. The molecular weight excluding hydrogens is 162 g/mol. The zero-order valence-corrected chi connectivity index (χ0v) is 6.92. The van der Waals surface area contributed by atoms with Gasteiger partial charge in [-0.15, -0.1) is 0 Å². The number of aliphatic hydroxyl groups is 3. The van der Waals surface area contributed by atoms with E-state index >= 15 is 0 Å². The van der Waals surface area contributed by atoms with Crippen LogP contribution in [0.5, 0.6) is 0 Å². The summed E-state index contributed by atoms with van der Waals surface area (Å²) in [5, 5.41) is 27.5. The van der Waals surface area contributed by atoms with Gasteiger partial charge in [0.2, 0.25) is 0 Å². The van der Waals surface area contributed by atoms with Crippen molar-refractivity contribution in [3.63, 3.8) is 0 Å². The summed E-state index contributed by atoms with van der Waals surface area (Å²) in [6.07, 6.45) is -3.39. The van der Waals surface area contributed by atoms with Crippen LogP contribution in [0.15, 0.2) is 0 Å². The van der Waals surface area contributed by atoms with Crippen LogP contribution < -0.4 is 5.73 Å². The van der Waals surface area contributed by atoms with Gasteiger partial charge in [-0.25, -0.2) is 0 Å². The average molecular weight is 177 g/mol. The van der Waals surface area contributed by atoms with E-state index in [1.165, 1.54) is 0 Å². The van der Waals surface area contributed by atoms with Crippen LogP contribution in [0, 0.1) is 5.92 Å². The molecule has 0 aliphatic carbocycles. The van der Waals surface area contributed by atoms with Crippen molar-refractivity contribution in [2.45, 2.75) is 31.5 Å². The second-order valence-corrected chi connectivity index (χ2v) is 3.16. The first-order valence-electron chi connectivity index (χ1n) is 3.96. The van der Waals surface area contributed by atoms with Gasteiger partial charge in [-0.05, 0) is 0 Å². The molecule has 0 aromatic heterocycles. The summed E-state index contributed by atoms with van der Waals surface area (Å²) in [5.74, 6) is -0.301. The molecule has 0 bridgehead atoms. The quantitative estimate of drug-likeness (QED) is 0.372. The molecule has 1 saturated heterocycles. The van der Waals surface area contributed by atoms with Crippen molar-refractivity contribution in [3.8, 4) is 0 Å². The molecule has 0 saturated carbocycles. The topological polar surface area (TPSA) is 95.9 Å². The summed E-state index contributed by atoms with van der Waals surface area (Å²) in [5.41, 5.74) is 5.35. The van der Waals surface area contributed by atoms with Gasteiger partial charge in [-0.2, -0.15) is 0 Å². The summed E-state index contributed by atoms with van der Waals surface area (Å²) in [6.45, 7) is 1.50. The predicted molar refractivity (Wildman–Crippen MR) is 41.1 cm³/mol. The van der Waals surface area contributed by atoms with E-state index in [4.69, 9.17) is 15.6 Å². The zero-order chi connectivity index (χ0) is 9.30. The Bertz CT molecular complexity index is 150. The Morgan fingerprint density at radius 2 is 1.92 bits per heavy atom. The molecular formula is C7H15NO4. The van der Waals surface area contributed by atoms with Crippen molar-refractivity contribution in [1.82, 2.24) is 0 Å². The third-order valence-electron chi connectivity index (χ3n) is 2.32. The molecule has 2 unspecified atom stereocenters. The minimum absolute atomic E-state index is 0.196. The largest absolute Gasteiger partial charge is 0.394 e. The van der Waals surface area contributed by atoms with Crippen molar-refractivity contribution in [3.05, 3.63) is 0 Å². The first-order chi connectivity index (χ1) is 5.57. The van der Waals surface area contributed by atoms with Crippen LogP contribution in [0.25, 0.3) is 0 Å². The molecule has 12 heavy (non-hydrogen) atoms. The fraction of sp³-hybridized carbons (Fsp3) is 1.00. The van der Waals surface area contributed by atoms with Crippen LogP contribution in [0.3, 0.4) is 0 Å². The first kappa shape index (κ1) is 9.88. The number of rotatable bonds is 1. The number of aliphatic hydroxyl groups excluding tert-OH is 3.